The lowest BCUT2D eigenvalue weighted by molar-refractivity contribution is -0.148. The van der Waals surface area contributed by atoms with Crippen molar-refractivity contribution in [2.24, 2.45) is 0 Å². The molecule has 1 aliphatic heterocycles. The molecule has 0 amide bonds. The highest BCUT2D eigenvalue weighted by molar-refractivity contribution is 5.89. The Hall–Kier alpha value is -2.57. The molecule has 1 heterocycles. The van der Waals surface area contributed by atoms with Crippen LogP contribution in [0.4, 0.5) is 0 Å². The maximum absolute atomic E-state index is 11.5. The van der Waals surface area contributed by atoms with E-state index in [9.17, 15) is 15.0 Å². The zero-order chi connectivity index (χ0) is 29.2. The van der Waals surface area contributed by atoms with Gasteiger partial charge in [-0.1, -0.05) is 58.2 Å². The summed E-state index contributed by atoms with van der Waals surface area (Å²) in [5.74, 6) is -1.69. The highest BCUT2D eigenvalue weighted by atomic mass is 16.6. The van der Waals surface area contributed by atoms with Gasteiger partial charge in [-0.3, -0.25) is 0 Å². The molecule has 1 aliphatic rings. The fourth-order valence-corrected chi connectivity index (χ4v) is 4.24. The quantitative estimate of drug-likeness (QED) is 0.0876. The molecule has 0 radical (unpaired) electrons. The van der Waals surface area contributed by atoms with Crippen molar-refractivity contribution in [2.75, 3.05) is 13.2 Å². The topological polar surface area (TPSA) is 96.2 Å². The third-order valence-electron chi connectivity index (χ3n) is 6.74. The standard InChI is InChI=1S/C33H52O6/c1-24(2)13-9-16-27(5)19-10-17-25(3)14-7-8-15-26(4)18-11-20-28(6)21-12-22-38-32-30(36)33(37)39-31(32)29(35)23-34/h13-15,19-20,29,31,34-36H,7-12,16-18,21-23H2,1-6H3. The van der Waals surface area contributed by atoms with Crippen LogP contribution in [0.15, 0.2) is 69.8 Å². The molecule has 6 heteroatoms. The van der Waals surface area contributed by atoms with Crippen LogP contribution < -0.4 is 0 Å². The van der Waals surface area contributed by atoms with E-state index in [2.05, 4.69) is 71.9 Å². The SMILES string of the molecule is CC(C)=CCCC(C)=CCCC(C)=CCCC=C(C)CCC=C(C)CCCOC1=C(O)C(=O)OC1C(O)CO. The number of cyclic esters (lactones) is 1. The summed E-state index contributed by atoms with van der Waals surface area (Å²) in [6, 6.07) is 0. The van der Waals surface area contributed by atoms with E-state index < -0.39 is 30.5 Å². The van der Waals surface area contributed by atoms with Gasteiger partial charge in [-0.05, 0) is 106 Å². The van der Waals surface area contributed by atoms with Crippen LogP contribution in [0, 0.1) is 0 Å². The summed E-state index contributed by atoms with van der Waals surface area (Å²) in [6.07, 6.45) is 19.4. The Morgan fingerprint density at radius 2 is 1.26 bits per heavy atom. The maximum atomic E-state index is 11.5. The molecule has 0 aromatic carbocycles. The minimum absolute atomic E-state index is 0.105. The highest BCUT2D eigenvalue weighted by Crippen LogP contribution is 2.25. The Morgan fingerprint density at radius 1 is 0.795 bits per heavy atom. The van der Waals surface area contributed by atoms with Crippen molar-refractivity contribution < 1.29 is 29.6 Å². The number of ether oxygens (including phenoxy) is 2. The van der Waals surface area contributed by atoms with Crippen molar-refractivity contribution in [3.8, 4) is 0 Å². The first kappa shape index (κ1) is 34.5. The summed E-state index contributed by atoms with van der Waals surface area (Å²) in [5, 5.41) is 28.6. The molecular weight excluding hydrogens is 492 g/mol. The molecule has 6 nitrogen and oxygen atoms in total. The van der Waals surface area contributed by atoms with Gasteiger partial charge in [-0.15, -0.1) is 0 Å². The van der Waals surface area contributed by atoms with Crippen LogP contribution >= 0.6 is 0 Å². The number of allylic oxidation sites excluding steroid dienone is 10. The first-order valence-corrected chi connectivity index (χ1v) is 14.4. The monoisotopic (exact) mass is 544 g/mol. The summed E-state index contributed by atoms with van der Waals surface area (Å²) < 4.78 is 10.4. The van der Waals surface area contributed by atoms with Gasteiger partial charge in [0.25, 0.3) is 0 Å². The fourth-order valence-electron chi connectivity index (χ4n) is 4.24. The first-order chi connectivity index (χ1) is 18.5. The third kappa shape index (κ3) is 15.0. The van der Waals surface area contributed by atoms with Crippen molar-refractivity contribution in [3.63, 3.8) is 0 Å². The number of hydrogen-bond donors (Lipinski definition) is 3. The average Bonchev–Trinajstić information content (AvgIpc) is 3.17. The van der Waals surface area contributed by atoms with E-state index >= 15 is 0 Å². The minimum Gasteiger partial charge on any atom is -0.499 e. The summed E-state index contributed by atoms with van der Waals surface area (Å²) >= 11 is 0. The Bertz CT molecular complexity index is 943. The maximum Gasteiger partial charge on any atom is 0.378 e. The molecule has 3 N–H and O–H groups in total. The Labute approximate surface area is 236 Å². The van der Waals surface area contributed by atoms with Crippen LogP contribution in [0.1, 0.15) is 106 Å². The Morgan fingerprint density at radius 3 is 1.74 bits per heavy atom. The second-order valence-corrected chi connectivity index (χ2v) is 10.9. The predicted octanol–water partition coefficient (Wildman–Crippen LogP) is 7.70. The van der Waals surface area contributed by atoms with Crippen LogP contribution in [-0.4, -0.2) is 46.7 Å². The molecule has 0 fully saturated rings. The number of hydrogen-bond acceptors (Lipinski definition) is 6. The van der Waals surface area contributed by atoms with Crippen molar-refractivity contribution >= 4 is 5.97 Å². The molecular formula is C33H52O6. The van der Waals surface area contributed by atoms with E-state index in [4.69, 9.17) is 14.6 Å². The molecule has 39 heavy (non-hydrogen) atoms. The second kappa shape index (κ2) is 19.5. The first-order valence-electron chi connectivity index (χ1n) is 14.4. The van der Waals surface area contributed by atoms with Crippen LogP contribution in [-0.2, 0) is 14.3 Å². The lowest BCUT2D eigenvalue weighted by atomic mass is 10.0. The molecule has 1 rings (SSSR count). The average molecular weight is 545 g/mol. The van der Waals surface area contributed by atoms with Gasteiger partial charge in [0.15, 0.2) is 11.9 Å². The highest BCUT2D eigenvalue weighted by Gasteiger charge is 2.40. The number of aliphatic hydroxyl groups is 3. The molecule has 0 bridgehead atoms. The van der Waals surface area contributed by atoms with Gasteiger partial charge in [0, 0.05) is 0 Å². The molecule has 0 saturated carbocycles. The number of unbranched alkanes of at least 4 members (excludes halogenated alkanes) is 1. The lowest BCUT2D eigenvalue weighted by Crippen LogP contribution is -2.32. The predicted molar refractivity (Wildman–Crippen MR) is 159 cm³/mol. The van der Waals surface area contributed by atoms with Gasteiger partial charge < -0.3 is 24.8 Å². The number of esters is 1. The van der Waals surface area contributed by atoms with Crippen LogP contribution in [0.3, 0.4) is 0 Å². The number of aliphatic hydroxyl groups excluding tert-OH is 3. The molecule has 220 valence electrons. The third-order valence-corrected chi connectivity index (χ3v) is 6.74. The van der Waals surface area contributed by atoms with Crippen LogP contribution in [0.25, 0.3) is 0 Å². The summed E-state index contributed by atoms with van der Waals surface area (Å²) in [7, 11) is 0. The molecule has 2 atom stereocenters. The van der Waals surface area contributed by atoms with Crippen molar-refractivity contribution in [1.82, 2.24) is 0 Å². The minimum atomic E-state index is -1.33. The zero-order valence-electron chi connectivity index (χ0n) is 25.1. The number of carbonyl (C=O) groups is 1. The van der Waals surface area contributed by atoms with E-state index in [1.165, 1.54) is 27.9 Å². The molecule has 2 unspecified atom stereocenters. The van der Waals surface area contributed by atoms with Gasteiger partial charge in [0.2, 0.25) is 5.76 Å². The van der Waals surface area contributed by atoms with Crippen molar-refractivity contribution in [1.29, 1.82) is 0 Å². The molecule has 0 aromatic rings. The largest absolute Gasteiger partial charge is 0.499 e. The van der Waals surface area contributed by atoms with Gasteiger partial charge in [0.05, 0.1) is 13.2 Å². The summed E-state index contributed by atoms with van der Waals surface area (Å²) in [6.45, 7) is 12.7. The number of rotatable bonds is 19. The molecule has 0 aliphatic carbocycles. The number of carbonyl (C=O) groups excluding carboxylic acids is 1. The molecule has 0 aromatic heterocycles. The smallest absolute Gasteiger partial charge is 0.378 e. The van der Waals surface area contributed by atoms with E-state index in [-0.39, 0.29) is 12.4 Å². The van der Waals surface area contributed by atoms with Crippen molar-refractivity contribution in [3.05, 3.63) is 69.8 Å². The summed E-state index contributed by atoms with van der Waals surface area (Å²) in [5.41, 5.74) is 7.01. The van der Waals surface area contributed by atoms with Gasteiger partial charge in [0.1, 0.15) is 6.10 Å². The molecule has 0 spiro atoms. The normalized spacial score (nSPS) is 17.9. The zero-order valence-corrected chi connectivity index (χ0v) is 25.1. The Kier molecular flexibility index (Phi) is 17.2. The van der Waals surface area contributed by atoms with Gasteiger partial charge in [-0.2, -0.15) is 0 Å². The fraction of sp³-hybridized carbons (Fsp3) is 0.606. The van der Waals surface area contributed by atoms with E-state index in [1.807, 2.05) is 0 Å². The lowest BCUT2D eigenvalue weighted by Gasteiger charge is -2.18. The molecule has 0 saturated heterocycles. The second-order valence-electron chi connectivity index (χ2n) is 10.9. The van der Waals surface area contributed by atoms with Crippen molar-refractivity contribution in [2.45, 2.75) is 118 Å². The van der Waals surface area contributed by atoms with Gasteiger partial charge in [-0.25, -0.2) is 4.79 Å². The summed E-state index contributed by atoms with van der Waals surface area (Å²) in [4.78, 5) is 11.5. The van der Waals surface area contributed by atoms with E-state index in [0.29, 0.717) is 6.42 Å². The van der Waals surface area contributed by atoms with Crippen LogP contribution in [0.2, 0.25) is 0 Å². The van der Waals surface area contributed by atoms with Gasteiger partial charge >= 0.3 is 5.97 Å². The van der Waals surface area contributed by atoms with E-state index in [0.717, 1.165) is 57.8 Å². The Balaban J connectivity index is 2.26. The van der Waals surface area contributed by atoms with E-state index in [1.54, 1.807) is 0 Å². The van der Waals surface area contributed by atoms with Crippen LogP contribution in [0.5, 0.6) is 0 Å².